The van der Waals surface area contributed by atoms with E-state index in [4.69, 9.17) is 4.74 Å². The van der Waals surface area contributed by atoms with E-state index >= 15 is 0 Å². The van der Waals surface area contributed by atoms with Gasteiger partial charge in [-0.05, 0) is 24.6 Å². The number of amides is 1. The third-order valence-corrected chi connectivity index (χ3v) is 3.53. The first-order valence-electron chi connectivity index (χ1n) is 6.35. The molecule has 1 saturated heterocycles. The molecule has 1 aromatic rings. The van der Waals surface area contributed by atoms with Crippen molar-refractivity contribution in [3.8, 4) is 5.75 Å². The minimum atomic E-state index is -0.533. The Bertz CT molecular complexity index is 476. The first kappa shape index (κ1) is 13.7. The summed E-state index contributed by atoms with van der Waals surface area (Å²) in [6, 6.07) is 5.31. The number of anilines is 1. The molecule has 1 heterocycles. The number of methoxy groups -OCH3 is 1. The number of rotatable bonds is 3. The number of likely N-dealkylation sites (N-methyl/N-ethyl adjacent to an activating group) is 1. The zero-order valence-corrected chi connectivity index (χ0v) is 11.6. The summed E-state index contributed by atoms with van der Waals surface area (Å²) in [6.07, 6.45) is 0. The van der Waals surface area contributed by atoms with Crippen molar-refractivity contribution in [1.29, 1.82) is 0 Å². The van der Waals surface area contributed by atoms with E-state index in [2.05, 4.69) is 0 Å². The summed E-state index contributed by atoms with van der Waals surface area (Å²) in [5, 5.41) is 9.51. The fourth-order valence-electron chi connectivity index (χ4n) is 2.40. The molecule has 1 N–H and O–H groups in total. The number of nitrogens with zero attached hydrogens (tertiary/aromatic N) is 2. The van der Waals surface area contributed by atoms with E-state index in [9.17, 15) is 9.90 Å². The van der Waals surface area contributed by atoms with Gasteiger partial charge in [-0.2, -0.15) is 0 Å². The first-order valence-corrected chi connectivity index (χ1v) is 6.35. The van der Waals surface area contributed by atoms with Crippen LogP contribution in [-0.4, -0.2) is 55.8 Å². The average Bonchev–Trinajstić information content (AvgIpc) is 2.41. The van der Waals surface area contributed by atoms with Crippen molar-refractivity contribution in [2.75, 3.05) is 38.8 Å². The van der Waals surface area contributed by atoms with E-state index in [0.29, 0.717) is 13.1 Å². The Morgan fingerprint density at radius 1 is 1.42 bits per heavy atom. The molecule has 5 heteroatoms. The second kappa shape index (κ2) is 5.48. The number of ether oxygens (including phenoxy) is 1. The van der Waals surface area contributed by atoms with Gasteiger partial charge < -0.3 is 19.6 Å². The monoisotopic (exact) mass is 264 g/mol. The van der Waals surface area contributed by atoms with Gasteiger partial charge in [-0.25, -0.2) is 0 Å². The number of hydrogen-bond acceptors (Lipinski definition) is 4. The van der Waals surface area contributed by atoms with Crippen molar-refractivity contribution in [1.82, 2.24) is 4.90 Å². The number of hydrogen-bond donors (Lipinski definition) is 1. The number of aliphatic hydroxyl groups is 1. The first-order chi connectivity index (χ1) is 9.08. The standard InChI is InChI=1S/C14H20N2O3/c1-10-4-5-13(19-3)11(8-10)16-7-6-15(2)14(18)12(16)9-17/h4-5,8,12,17H,6-7,9H2,1-3H3. The average molecular weight is 264 g/mol. The van der Waals surface area contributed by atoms with Crippen LogP contribution in [-0.2, 0) is 4.79 Å². The highest BCUT2D eigenvalue weighted by molar-refractivity contribution is 5.87. The lowest BCUT2D eigenvalue weighted by molar-refractivity contribution is -0.133. The van der Waals surface area contributed by atoms with Crippen molar-refractivity contribution in [3.05, 3.63) is 23.8 Å². The molecule has 5 nitrogen and oxygen atoms in total. The van der Waals surface area contributed by atoms with Crippen LogP contribution in [0.1, 0.15) is 5.56 Å². The molecule has 1 atom stereocenters. The van der Waals surface area contributed by atoms with Gasteiger partial charge in [0.05, 0.1) is 19.4 Å². The Morgan fingerprint density at radius 3 is 2.79 bits per heavy atom. The Kier molecular flexibility index (Phi) is 3.95. The number of carbonyl (C=O) groups excluding carboxylic acids is 1. The molecular weight excluding hydrogens is 244 g/mol. The number of benzene rings is 1. The summed E-state index contributed by atoms with van der Waals surface area (Å²) in [6.45, 7) is 3.13. The molecule has 0 radical (unpaired) electrons. The maximum atomic E-state index is 12.1. The van der Waals surface area contributed by atoms with E-state index in [-0.39, 0.29) is 12.5 Å². The fraction of sp³-hybridized carbons (Fsp3) is 0.500. The second-order valence-electron chi connectivity index (χ2n) is 4.83. The van der Waals surface area contributed by atoms with E-state index in [0.717, 1.165) is 17.0 Å². The molecular formula is C14H20N2O3. The van der Waals surface area contributed by atoms with Crippen molar-refractivity contribution in [3.63, 3.8) is 0 Å². The highest BCUT2D eigenvalue weighted by atomic mass is 16.5. The lowest BCUT2D eigenvalue weighted by atomic mass is 10.1. The van der Waals surface area contributed by atoms with E-state index in [1.165, 1.54) is 0 Å². The van der Waals surface area contributed by atoms with E-state index in [1.807, 2.05) is 30.0 Å². The Hall–Kier alpha value is -1.75. The molecule has 1 aliphatic rings. The van der Waals surface area contributed by atoms with Crippen LogP contribution in [0, 0.1) is 6.92 Å². The van der Waals surface area contributed by atoms with Gasteiger partial charge in [-0.15, -0.1) is 0 Å². The largest absolute Gasteiger partial charge is 0.495 e. The highest BCUT2D eigenvalue weighted by Gasteiger charge is 2.33. The summed E-state index contributed by atoms with van der Waals surface area (Å²) < 4.78 is 5.36. The molecule has 1 fully saturated rings. The summed E-state index contributed by atoms with van der Waals surface area (Å²) in [4.78, 5) is 15.7. The molecule has 104 valence electrons. The molecule has 1 amide bonds. The maximum Gasteiger partial charge on any atom is 0.247 e. The molecule has 1 aromatic carbocycles. The van der Waals surface area contributed by atoms with Gasteiger partial charge in [0.1, 0.15) is 11.8 Å². The maximum absolute atomic E-state index is 12.1. The van der Waals surface area contributed by atoms with Gasteiger partial charge in [0.2, 0.25) is 5.91 Å². The summed E-state index contributed by atoms with van der Waals surface area (Å²) in [5.41, 5.74) is 1.96. The van der Waals surface area contributed by atoms with Gasteiger partial charge in [0.25, 0.3) is 0 Å². The van der Waals surface area contributed by atoms with Crippen LogP contribution in [0.15, 0.2) is 18.2 Å². The molecule has 0 aliphatic carbocycles. The molecule has 19 heavy (non-hydrogen) atoms. The fourth-order valence-corrected chi connectivity index (χ4v) is 2.40. The zero-order valence-electron chi connectivity index (χ0n) is 11.6. The van der Waals surface area contributed by atoms with Gasteiger partial charge in [0.15, 0.2) is 0 Å². The molecule has 1 aliphatic heterocycles. The van der Waals surface area contributed by atoms with Crippen LogP contribution in [0.2, 0.25) is 0 Å². The quantitative estimate of drug-likeness (QED) is 0.870. The summed E-state index contributed by atoms with van der Waals surface area (Å²) >= 11 is 0. The second-order valence-corrected chi connectivity index (χ2v) is 4.83. The number of carbonyl (C=O) groups is 1. The lowest BCUT2D eigenvalue weighted by Crippen LogP contribution is -2.57. The molecule has 0 spiro atoms. The normalized spacial score (nSPS) is 19.8. The predicted molar refractivity (Wildman–Crippen MR) is 73.6 cm³/mol. The Labute approximate surface area is 113 Å². The minimum absolute atomic E-state index is 0.0580. The number of aryl methyl sites for hydroxylation is 1. The summed E-state index contributed by atoms with van der Waals surface area (Å²) in [5.74, 6) is 0.665. The third-order valence-electron chi connectivity index (χ3n) is 3.53. The van der Waals surface area contributed by atoms with Crippen LogP contribution in [0.4, 0.5) is 5.69 Å². The topological polar surface area (TPSA) is 53.0 Å². The number of piperazine rings is 1. The van der Waals surface area contributed by atoms with Gasteiger partial charge >= 0.3 is 0 Å². The molecule has 2 rings (SSSR count). The minimum Gasteiger partial charge on any atom is -0.495 e. The third kappa shape index (κ3) is 2.51. The highest BCUT2D eigenvalue weighted by Crippen LogP contribution is 2.32. The van der Waals surface area contributed by atoms with Gasteiger partial charge in [-0.1, -0.05) is 6.07 Å². The molecule has 1 unspecified atom stereocenters. The van der Waals surface area contributed by atoms with Gasteiger partial charge in [0, 0.05) is 20.1 Å². The lowest BCUT2D eigenvalue weighted by Gasteiger charge is -2.40. The smallest absolute Gasteiger partial charge is 0.247 e. The predicted octanol–water partition coefficient (Wildman–Crippen LogP) is 0.643. The Balaban J connectivity index is 2.39. The van der Waals surface area contributed by atoms with E-state index in [1.54, 1.807) is 19.1 Å². The van der Waals surface area contributed by atoms with Crippen LogP contribution < -0.4 is 9.64 Å². The van der Waals surface area contributed by atoms with Crippen LogP contribution in [0.5, 0.6) is 5.75 Å². The Morgan fingerprint density at radius 2 is 2.16 bits per heavy atom. The number of aliphatic hydroxyl groups excluding tert-OH is 1. The summed E-state index contributed by atoms with van der Waals surface area (Å²) in [7, 11) is 3.37. The van der Waals surface area contributed by atoms with Crippen molar-refractivity contribution in [2.45, 2.75) is 13.0 Å². The van der Waals surface area contributed by atoms with Crippen LogP contribution in [0.25, 0.3) is 0 Å². The van der Waals surface area contributed by atoms with Crippen LogP contribution >= 0.6 is 0 Å². The van der Waals surface area contributed by atoms with Crippen molar-refractivity contribution in [2.24, 2.45) is 0 Å². The van der Waals surface area contributed by atoms with Crippen LogP contribution in [0.3, 0.4) is 0 Å². The molecule has 0 aromatic heterocycles. The zero-order chi connectivity index (χ0) is 14.0. The van der Waals surface area contributed by atoms with Crippen molar-refractivity contribution < 1.29 is 14.6 Å². The SMILES string of the molecule is COc1ccc(C)cc1N1CCN(C)C(=O)C1CO. The molecule has 0 saturated carbocycles. The van der Waals surface area contributed by atoms with Crippen molar-refractivity contribution >= 4 is 11.6 Å². The van der Waals surface area contributed by atoms with Gasteiger partial charge in [-0.3, -0.25) is 4.79 Å². The molecule has 0 bridgehead atoms. The van der Waals surface area contributed by atoms with E-state index < -0.39 is 6.04 Å².